The Morgan fingerprint density at radius 2 is 2.28 bits per heavy atom. The van der Waals surface area contributed by atoms with Crippen LogP contribution in [0.1, 0.15) is 51.8 Å². The summed E-state index contributed by atoms with van der Waals surface area (Å²) in [5.74, 6) is -0.410. The molecule has 29 heavy (non-hydrogen) atoms. The van der Waals surface area contributed by atoms with E-state index in [0.29, 0.717) is 23.0 Å². The third-order valence-corrected chi connectivity index (χ3v) is 6.20. The van der Waals surface area contributed by atoms with Crippen molar-refractivity contribution < 1.29 is 14.7 Å². The molecule has 2 atom stereocenters. The molecule has 0 aliphatic carbocycles. The summed E-state index contributed by atoms with van der Waals surface area (Å²) < 4.78 is 0. The average Bonchev–Trinajstić information content (AvgIpc) is 3.44. The van der Waals surface area contributed by atoms with E-state index in [1.807, 2.05) is 17.0 Å². The fraction of sp³-hybridized carbons (Fsp3) is 0.350. The number of nitrogens with zero attached hydrogens (tertiary/aromatic N) is 2. The van der Waals surface area contributed by atoms with Gasteiger partial charge in [-0.25, -0.2) is 4.98 Å². The second-order valence-electron chi connectivity index (χ2n) is 7.20. The molecule has 1 aliphatic rings. The van der Waals surface area contributed by atoms with Gasteiger partial charge in [-0.05, 0) is 38.0 Å². The molecule has 3 N–H and O–H groups in total. The quantitative estimate of drug-likeness (QED) is 0.575. The molecule has 1 saturated heterocycles. The summed E-state index contributed by atoms with van der Waals surface area (Å²) in [6, 6.07) is 6.82. The summed E-state index contributed by atoms with van der Waals surface area (Å²) in [5, 5.41) is 15.8. The Kier molecular flexibility index (Phi) is 5.58. The van der Waals surface area contributed by atoms with Gasteiger partial charge in [-0.3, -0.25) is 9.59 Å². The Bertz CT molecular complexity index is 1060. The van der Waals surface area contributed by atoms with Crippen LogP contribution in [-0.4, -0.2) is 51.0 Å². The van der Waals surface area contributed by atoms with Crippen LogP contribution in [0.2, 0.25) is 5.02 Å². The van der Waals surface area contributed by atoms with Gasteiger partial charge in [0.2, 0.25) is 0 Å². The number of nitrogens with one attached hydrogen (secondary N) is 2. The van der Waals surface area contributed by atoms with E-state index >= 15 is 0 Å². The zero-order valence-electron chi connectivity index (χ0n) is 15.8. The van der Waals surface area contributed by atoms with Gasteiger partial charge < -0.3 is 20.3 Å². The molecule has 152 valence electrons. The van der Waals surface area contributed by atoms with Gasteiger partial charge in [-0.15, -0.1) is 11.3 Å². The summed E-state index contributed by atoms with van der Waals surface area (Å²) in [5.41, 5.74) is 1.65. The second-order valence-corrected chi connectivity index (χ2v) is 8.53. The SMILES string of the molecule is CC(CO)NC(=O)c1csc([C@@H]2CCCN2C(=O)c2cc3ccc(Cl)cc3[nH]2)n1. The molecule has 7 nitrogen and oxygen atoms in total. The minimum atomic E-state index is -0.340. The number of aliphatic hydroxyl groups excluding tert-OH is 1. The van der Waals surface area contributed by atoms with E-state index in [4.69, 9.17) is 16.7 Å². The first-order valence-corrected chi connectivity index (χ1v) is 10.7. The fourth-order valence-electron chi connectivity index (χ4n) is 3.52. The number of hydrogen-bond donors (Lipinski definition) is 3. The predicted molar refractivity (Wildman–Crippen MR) is 112 cm³/mol. The molecule has 3 aromatic rings. The van der Waals surface area contributed by atoms with E-state index in [-0.39, 0.29) is 30.5 Å². The summed E-state index contributed by atoms with van der Waals surface area (Å²) in [6.45, 7) is 2.22. The van der Waals surface area contributed by atoms with Gasteiger partial charge in [0, 0.05) is 33.9 Å². The van der Waals surface area contributed by atoms with Crippen molar-refractivity contribution in [1.82, 2.24) is 20.2 Å². The van der Waals surface area contributed by atoms with E-state index in [9.17, 15) is 9.59 Å². The van der Waals surface area contributed by atoms with E-state index < -0.39 is 0 Å². The van der Waals surface area contributed by atoms with Gasteiger partial charge >= 0.3 is 0 Å². The highest BCUT2D eigenvalue weighted by molar-refractivity contribution is 7.09. The van der Waals surface area contributed by atoms with Crippen LogP contribution in [0.25, 0.3) is 10.9 Å². The minimum Gasteiger partial charge on any atom is -0.394 e. The molecule has 0 radical (unpaired) electrons. The van der Waals surface area contributed by atoms with Crippen LogP contribution >= 0.6 is 22.9 Å². The van der Waals surface area contributed by atoms with E-state index in [1.165, 1.54) is 11.3 Å². The van der Waals surface area contributed by atoms with Crippen molar-refractivity contribution in [3.8, 4) is 0 Å². The van der Waals surface area contributed by atoms with Crippen molar-refractivity contribution in [2.75, 3.05) is 13.2 Å². The molecule has 2 amide bonds. The predicted octanol–water partition coefficient (Wildman–Crippen LogP) is 3.37. The van der Waals surface area contributed by atoms with Crippen molar-refractivity contribution in [1.29, 1.82) is 0 Å². The Balaban J connectivity index is 1.54. The standard InChI is InChI=1S/C20H21ClN4O3S/c1-11(9-26)22-18(27)16-10-29-19(24-16)17-3-2-6-25(17)20(28)15-7-12-4-5-13(21)8-14(12)23-15/h4-5,7-8,10-11,17,23,26H,2-3,6,9H2,1H3,(H,22,27)/t11?,17-/m0/s1. The van der Waals surface area contributed by atoms with Crippen molar-refractivity contribution in [2.45, 2.75) is 31.8 Å². The Labute approximate surface area is 176 Å². The highest BCUT2D eigenvalue weighted by atomic mass is 35.5. The number of likely N-dealkylation sites (tertiary alicyclic amines) is 1. The Morgan fingerprint density at radius 3 is 3.07 bits per heavy atom. The molecular weight excluding hydrogens is 412 g/mol. The average molecular weight is 433 g/mol. The number of halogens is 1. The van der Waals surface area contributed by atoms with Crippen LogP contribution in [0.15, 0.2) is 29.6 Å². The lowest BCUT2D eigenvalue weighted by Gasteiger charge is -2.22. The highest BCUT2D eigenvalue weighted by Crippen LogP contribution is 2.35. The summed E-state index contributed by atoms with van der Waals surface area (Å²) in [7, 11) is 0. The lowest BCUT2D eigenvalue weighted by Crippen LogP contribution is -2.35. The number of hydrogen-bond acceptors (Lipinski definition) is 5. The van der Waals surface area contributed by atoms with Gasteiger partial charge in [0.05, 0.1) is 12.6 Å². The first-order chi connectivity index (χ1) is 14.0. The molecular formula is C20H21ClN4O3S. The van der Waals surface area contributed by atoms with Gasteiger partial charge in [0.15, 0.2) is 0 Å². The summed E-state index contributed by atoms with van der Waals surface area (Å²) >= 11 is 7.41. The molecule has 1 aromatic carbocycles. The van der Waals surface area contributed by atoms with Crippen molar-refractivity contribution >= 4 is 45.7 Å². The van der Waals surface area contributed by atoms with Crippen LogP contribution in [0.4, 0.5) is 0 Å². The maximum absolute atomic E-state index is 13.1. The Hall–Kier alpha value is -2.42. The molecule has 0 bridgehead atoms. The third-order valence-electron chi connectivity index (χ3n) is 5.02. The molecule has 1 aliphatic heterocycles. The number of aliphatic hydroxyl groups is 1. The van der Waals surface area contributed by atoms with Gasteiger partial charge in [0.1, 0.15) is 16.4 Å². The summed E-state index contributed by atoms with van der Waals surface area (Å²) in [6.07, 6.45) is 1.69. The molecule has 4 rings (SSSR count). The summed E-state index contributed by atoms with van der Waals surface area (Å²) in [4.78, 5) is 34.8. The number of aromatic amines is 1. The number of aromatic nitrogens is 2. The number of amides is 2. The fourth-order valence-corrected chi connectivity index (χ4v) is 4.64. The van der Waals surface area contributed by atoms with Crippen molar-refractivity contribution in [3.63, 3.8) is 0 Å². The van der Waals surface area contributed by atoms with Gasteiger partial charge in [-0.1, -0.05) is 17.7 Å². The lowest BCUT2D eigenvalue weighted by molar-refractivity contribution is 0.0730. The zero-order valence-corrected chi connectivity index (χ0v) is 17.4. The maximum atomic E-state index is 13.1. The number of rotatable bonds is 5. The van der Waals surface area contributed by atoms with E-state index in [0.717, 1.165) is 28.8 Å². The number of carbonyl (C=O) groups is 2. The molecule has 3 heterocycles. The Morgan fingerprint density at radius 1 is 1.45 bits per heavy atom. The van der Waals surface area contributed by atoms with Crippen LogP contribution in [0.5, 0.6) is 0 Å². The molecule has 2 aromatic heterocycles. The van der Waals surface area contributed by atoms with Gasteiger partial charge in [-0.2, -0.15) is 0 Å². The van der Waals surface area contributed by atoms with Crippen molar-refractivity contribution in [3.05, 3.63) is 51.1 Å². The van der Waals surface area contributed by atoms with Crippen LogP contribution < -0.4 is 5.32 Å². The molecule has 1 fully saturated rings. The van der Waals surface area contributed by atoms with E-state index in [2.05, 4.69) is 15.3 Å². The largest absolute Gasteiger partial charge is 0.394 e. The van der Waals surface area contributed by atoms with Gasteiger partial charge in [0.25, 0.3) is 11.8 Å². The normalized spacial score (nSPS) is 17.6. The first kappa shape index (κ1) is 19.9. The molecule has 0 spiro atoms. The second kappa shape index (κ2) is 8.14. The number of carbonyl (C=O) groups excluding carboxylic acids is 2. The maximum Gasteiger partial charge on any atom is 0.271 e. The number of fused-ring (bicyclic) bond motifs is 1. The monoisotopic (exact) mass is 432 g/mol. The molecule has 9 heteroatoms. The van der Waals surface area contributed by atoms with Crippen LogP contribution in [-0.2, 0) is 0 Å². The molecule has 1 unspecified atom stereocenters. The first-order valence-electron chi connectivity index (χ1n) is 9.42. The number of H-pyrrole nitrogens is 1. The number of thiazole rings is 1. The van der Waals surface area contributed by atoms with Crippen LogP contribution in [0, 0.1) is 0 Å². The minimum absolute atomic E-state index is 0.0880. The zero-order chi connectivity index (χ0) is 20.5. The van der Waals surface area contributed by atoms with Crippen molar-refractivity contribution in [2.24, 2.45) is 0 Å². The third kappa shape index (κ3) is 4.01. The molecule has 0 saturated carbocycles. The smallest absolute Gasteiger partial charge is 0.271 e. The van der Waals surface area contributed by atoms with Crippen LogP contribution in [0.3, 0.4) is 0 Å². The lowest BCUT2D eigenvalue weighted by atomic mass is 10.2. The highest BCUT2D eigenvalue weighted by Gasteiger charge is 2.33. The van der Waals surface area contributed by atoms with E-state index in [1.54, 1.807) is 24.4 Å². The number of benzene rings is 1. The topological polar surface area (TPSA) is 98.3 Å².